The van der Waals surface area contributed by atoms with Crippen LogP contribution >= 0.6 is 11.8 Å². The molecule has 1 aliphatic heterocycles. The molecule has 0 aliphatic carbocycles. The van der Waals surface area contributed by atoms with Crippen molar-refractivity contribution >= 4 is 23.4 Å². The molecule has 5 heteroatoms. The third-order valence-corrected chi connectivity index (χ3v) is 4.18. The molecule has 1 heterocycles. The van der Waals surface area contributed by atoms with Crippen LogP contribution in [0.25, 0.3) is 0 Å². The number of thioether (sulfide) groups is 1. The molecule has 0 bridgehead atoms. The Bertz CT molecular complexity index is 445. The molecule has 1 aromatic carbocycles. The average molecular weight is 294 g/mol. The molecule has 0 aromatic heterocycles. The number of amides is 1. The van der Waals surface area contributed by atoms with E-state index in [0.717, 1.165) is 37.7 Å². The molecule has 0 atom stereocenters. The van der Waals surface area contributed by atoms with E-state index in [1.54, 1.807) is 18.9 Å². The number of methoxy groups -OCH3 is 1. The highest BCUT2D eigenvalue weighted by Gasteiger charge is 2.20. The van der Waals surface area contributed by atoms with E-state index < -0.39 is 0 Å². The number of rotatable bonds is 5. The number of anilines is 1. The first-order valence-electron chi connectivity index (χ1n) is 6.90. The van der Waals surface area contributed by atoms with Crippen molar-refractivity contribution < 1.29 is 9.53 Å². The monoisotopic (exact) mass is 294 g/mol. The van der Waals surface area contributed by atoms with Gasteiger partial charge in [0.25, 0.3) is 0 Å². The summed E-state index contributed by atoms with van der Waals surface area (Å²) < 4.78 is 5.26. The number of piperazine rings is 1. The fourth-order valence-electron chi connectivity index (χ4n) is 2.37. The van der Waals surface area contributed by atoms with Crippen LogP contribution in [0.1, 0.15) is 6.42 Å². The van der Waals surface area contributed by atoms with Crippen LogP contribution in [0.2, 0.25) is 0 Å². The number of benzene rings is 1. The second kappa shape index (κ2) is 7.43. The maximum atomic E-state index is 12.0. The Kier molecular flexibility index (Phi) is 5.59. The molecule has 2 rings (SSSR count). The minimum atomic E-state index is 0.282. The van der Waals surface area contributed by atoms with Crippen molar-refractivity contribution in [3.8, 4) is 5.75 Å². The summed E-state index contributed by atoms with van der Waals surface area (Å²) in [6.07, 6.45) is 2.69. The van der Waals surface area contributed by atoms with Crippen LogP contribution in [0, 0.1) is 0 Å². The lowest BCUT2D eigenvalue weighted by atomic mass is 10.2. The number of hydrogen-bond acceptors (Lipinski definition) is 4. The lowest BCUT2D eigenvalue weighted by Crippen LogP contribution is -2.48. The van der Waals surface area contributed by atoms with Crippen LogP contribution in [-0.4, -0.2) is 56.1 Å². The van der Waals surface area contributed by atoms with Crippen LogP contribution < -0.4 is 9.64 Å². The smallest absolute Gasteiger partial charge is 0.223 e. The van der Waals surface area contributed by atoms with E-state index >= 15 is 0 Å². The van der Waals surface area contributed by atoms with E-state index in [4.69, 9.17) is 4.74 Å². The molecule has 110 valence electrons. The average Bonchev–Trinajstić information content (AvgIpc) is 2.52. The van der Waals surface area contributed by atoms with Gasteiger partial charge in [-0.15, -0.1) is 0 Å². The van der Waals surface area contributed by atoms with Crippen LogP contribution in [0.15, 0.2) is 24.3 Å². The number of carbonyl (C=O) groups is 1. The van der Waals surface area contributed by atoms with Crippen molar-refractivity contribution in [2.75, 3.05) is 50.2 Å². The second-order valence-corrected chi connectivity index (χ2v) is 5.80. The maximum absolute atomic E-state index is 12.0. The topological polar surface area (TPSA) is 32.8 Å². The molecule has 20 heavy (non-hydrogen) atoms. The normalized spacial score (nSPS) is 15.3. The Balaban J connectivity index is 1.88. The third-order valence-electron chi connectivity index (χ3n) is 3.57. The minimum Gasteiger partial charge on any atom is -0.497 e. The molecule has 0 unspecified atom stereocenters. The van der Waals surface area contributed by atoms with Crippen molar-refractivity contribution in [2.45, 2.75) is 6.42 Å². The summed E-state index contributed by atoms with van der Waals surface area (Å²) in [7, 11) is 1.68. The van der Waals surface area contributed by atoms with Crippen LogP contribution in [0.3, 0.4) is 0 Å². The third kappa shape index (κ3) is 3.82. The predicted octanol–water partition coefficient (Wildman–Crippen LogP) is 2.10. The standard InChI is InChI=1S/C15H22N2O2S/c1-19-14-5-3-4-13(12-14)16-7-9-17(10-8-16)15(18)6-11-20-2/h3-5,12H,6-11H2,1-2H3. The van der Waals surface area contributed by atoms with Crippen LogP contribution in [0.4, 0.5) is 5.69 Å². The molecule has 0 radical (unpaired) electrons. The van der Waals surface area contributed by atoms with Gasteiger partial charge in [0.2, 0.25) is 5.91 Å². The summed E-state index contributed by atoms with van der Waals surface area (Å²) in [5.41, 5.74) is 1.17. The summed E-state index contributed by atoms with van der Waals surface area (Å²) in [5, 5.41) is 0. The highest BCUT2D eigenvalue weighted by Crippen LogP contribution is 2.22. The molecule has 0 N–H and O–H groups in total. The fourth-order valence-corrected chi connectivity index (χ4v) is 2.75. The lowest BCUT2D eigenvalue weighted by molar-refractivity contribution is -0.131. The van der Waals surface area contributed by atoms with Crippen molar-refractivity contribution in [1.82, 2.24) is 4.90 Å². The molecule has 0 spiro atoms. The first-order chi connectivity index (χ1) is 9.74. The highest BCUT2D eigenvalue weighted by atomic mass is 32.2. The summed E-state index contributed by atoms with van der Waals surface area (Å²) in [4.78, 5) is 16.3. The van der Waals surface area contributed by atoms with Crippen LogP contribution in [-0.2, 0) is 4.79 Å². The van der Waals surface area contributed by atoms with Crippen LogP contribution in [0.5, 0.6) is 5.75 Å². The zero-order chi connectivity index (χ0) is 14.4. The first kappa shape index (κ1) is 15.0. The summed E-state index contributed by atoms with van der Waals surface area (Å²) in [6.45, 7) is 3.39. The highest BCUT2D eigenvalue weighted by molar-refractivity contribution is 7.98. The van der Waals surface area contributed by atoms with E-state index in [-0.39, 0.29) is 5.91 Å². The Morgan fingerprint density at radius 2 is 2.05 bits per heavy atom. The van der Waals surface area contributed by atoms with Gasteiger partial charge < -0.3 is 14.5 Å². The van der Waals surface area contributed by atoms with Gasteiger partial charge in [0.1, 0.15) is 5.75 Å². The minimum absolute atomic E-state index is 0.282. The van der Waals surface area contributed by atoms with Gasteiger partial charge in [-0.25, -0.2) is 0 Å². The largest absolute Gasteiger partial charge is 0.497 e. The van der Waals surface area contributed by atoms with Crippen molar-refractivity contribution in [3.05, 3.63) is 24.3 Å². The SMILES string of the molecule is COc1cccc(N2CCN(C(=O)CCSC)CC2)c1. The molecular formula is C15H22N2O2S. The zero-order valence-corrected chi connectivity index (χ0v) is 13.0. The van der Waals surface area contributed by atoms with Gasteiger partial charge in [-0.1, -0.05) is 6.07 Å². The number of hydrogen-bond donors (Lipinski definition) is 0. The molecule has 1 amide bonds. The van der Waals surface area contributed by atoms with E-state index in [0.29, 0.717) is 6.42 Å². The van der Waals surface area contributed by atoms with Gasteiger partial charge in [-0.3, -0.25) is 4.79 Å². The summed E-state index contributed by atoms with van der Waals surface area (Å²) in [5.74, 6) is 2.07. The Morgan fingerprint density at radius 1 is 1.30 bits per heavy atom. The van der Waals surface area contributed by atoms with Crippen molar-refractivity contribution in [2.24, 2.45) is 0 Å². The fraction of sp³-hybridized carbons (Fsp3) is 0.533. The molecule has 1 aromatic rings. The maximum Gasteiger partial charge on any atom is 0.223 e. The molecule has 1 aliphatic rings. The molecule has 0 saturated carbocycles. The van der Waals surface area contributed by atoms with Gasteiger partial charge in [-0.05, 0) is 18.4 Å². The molecular weight excluding hydrogens is 272 g/mol. The van der Waals surface area contributed by atoms with Gasteiger partial charge in [-0.2, -0.15) is 11.8 Å². The summed E-state index contributed by atoms with van der Waals surface area (Å²) >= 11 is 1.72. The van der Waals surface area contributed by atoms with Crippen molar-refractivity contribution in [1.29, 1.82) is 0 Å². The van der Waals surface area contributed by atoms with E-state index in [1.165, 1.54) is 5.69 Å². The van der Waals surface area contributed by atoms with Gasteiger partial charge in [0, 0.05) is 50.1 Å². The Labute approximate surface area is 125 Å². The second-order valence-electron chi connectivity index (χ2n) is 4.81. The van der Waals surface area contributed by atoms with E-state index in [9.17, 15) is 4.79 Å². The molecule has 4 nitrogen and oxygen atoms in total. The lowest BCUT2D eigenvalue weighted by Gasteiger charge is -2.36. The Morgan fingerprint density at radius 3 is 2.70 bits per heavy atom. The number of nitrogens with zero attached hydrogens (tertiary/aromatic N) is 2. The number of ether oxygens (including phenoxy) is 1. The van der Waals surface area contributed by atoms with E-state index in [2.05, 4.69) is 11.0 Å². The van der Waals surface area contributed by atoms with Crippen molar-refractivity contribution in [3.63, 3.8) is 0 Å². The molecule has 1 fully saturated rings. The van der Waals surface area contributed by atoms with Gasteiger partial charge in [0.05, 0.1) is 7.11 Å². The summed E-state index contributed by atoms with van der Waals surface area (Å²) in [6, 6.07) is 8.09. The van der Waals surface area contributed by atoms with E-state index in [1.807, 2.05) is 29.4 Å². The number of carbonyl (C=O) groups excluding carboxylic acids is 1. The predicted molar refractivity (Wildman–Crippen MR) is 84.8 cm³/mol. The Hall–Kier alpha value is -1.36. The zero-order valence-electron chi connectivity index (χ0n) is 12.2. The first-order valence-corrected chi connectivity index (χ1v) is 8.29. The quantitative estimate of drug-likeness (QED) is 0.832. The van der Waals surface area contributed by atoms with Gasteiger partial charge >= 0.3 is 0 Å². The van der Waals surface area contributed by atoms with Gasteiger partial charge in [0.15, 0.2) is 0 Å². The molecule has 1 saturated heterocycles.